The third-order valence-electron chi connectivity index (χ3n) is 4.27. The molecule has 30 heavy (non-hydrogen) atoms. The number of nitrogens with zero attached hydrogens (tertiary/aromatic N) is 1. The molecule has 5 heteroatoms. The van der Waals surface area contributed by atoms with Crippen molar-refractivity contribution in [2.45, 2.75) is 45.8 Å². The Morgan fingerprint density at radius 3 is 2.30 bits per heavy atom. The van der Waals surface area contributed by atoms with Crippen LogP contribution in [0.2, 0.25) is 0 Å². The van der Waals surface area contributed by atoms with Crippen molar-refractivity contribution in [3.05, 3.63) is 78.0 Å². The number of hydrogen-bond donors (Lipinski definition) is 1. The maximum absolute atomic E-state index is 12.7. The molecule has 160 valence electrons. The molecule has 1 amide bonds. The molecule has 2 aromatic carbocycles. The zero-order valence-corrected chi connectivity index (χ0v) is 18.3. The number of benzene rings is 2. The van der Waals surface area contributed by atoms with Gasteiger partial charge in [-0.3, -0.25) is 4.90 Å². The molecule has 0 aliphatic carbocycles. The van der Waals surface area contributed by atoms with Crippen LogP contribution in [0.4, 0.5) is 10.5 Å². The Labute approximate surface area is 179 Å². The van der Waals surface area contributed by atoms with Crippen LogP contribution in [0.25, 0.3) is 6.08 Å². The van der Waals surface area contributed by atoms with Crippen molar-refractivity contribution >= 4 is 17.9 Å². The van der Waals surface area contributed by atoms with Gasteiger partial charge in [-0.1, -0.05) is 42.5 Å². The molecule has 0 heterocycles. The average Bonchev–Trinajstić information content (AvgIpc) is 2.70. The number of aliphatic hydroxyl groups is 1. The number of hydrogen-bond acceptors (Lipinski definition) is 4. The first-order valence-corrected chi connectivity index (χ1v) is 9.94. The van der Waals surface area contributed by atoms with Crippen LogP contribution < -0.4 is 9.64 Å². The normalized spacial score (nSPS) is 13.2. The third-order valence-corrected chi connectivity index (χ3v) is 4.27. The molecule has 0 aromatic heterocycles. The van der Waals surface area contributed by atoms with E-state index < -0.39 is 17.8 Å². The number of carbonyl (C=O) groups is 1. The Morgan fingerprint density at radius 2 is 1.73 bits per heavy atom. The summed E-state index contributed by atoms with van der Waals surface area (Å²) in [6.07, 6.45) is 4.57. The number of carbonyl (C=O) groups excluding carboxylic acids is 1. The van der Waals surface area contributed by atoms with E-state index in [4.69, 9.17) is 9.47 Å². The monoisotopic (exact) mass is 409 g/mol. The average molecular weight is 410 g/mol. The first-order chi connectivity index (χ1) is 14.2. The van der Waals surface area contributed by atoms with Crippen LogP contribution in [0.3, 0.4) is 0 Å². The van der Waals surface area contributed by atoms with Crippen LogP contribution in [-0.4, -0.2) is 30.0 Å². The van der Waals surface area contributed by atoms with Gasteiger partial charge in [-0.05, 0) is 69.5 Å². The lowest BCUT2D eigenvalue weighted by Gasteiger charge is -2.25. The topological polar surface area (TPSA) is 59.0 Å². The molecular formula is C25H31NO4. The van der Waals surface area contributed by atoms with E-state index in [0.717, 1.165) is 11.1 Å². The summed E-state index contributed by atoms with van der Waals surface area (Å²) < 4.78 is 10.7. The maximum Gasteiger partial charge on any atom is 0.418 e. The standard InChI is InChI=1S/C25H31NO4/c1-19(18-20-10-7-6-8-11-20)23(27)12-9-17-26(24(28)30-25(2,3)4)21-13-15-22(29-5)16-14-21/h6-11,13-18,23,27H,12H2,1-5H3/b17-9+,19-18+. The summed E-state index contributed by atoms with van der Waals surface area (Å²) in [5, 5.41) is 10.5. The van der Waals surface area contributed by atoms with E-state index in [-0.39, 0.29) is 0 Å². The molecule has 0 saturated heterocycles. The lowest BCUT2D eigenvalue weighted by Crippen LogP contribution is -2.33. The van der Waals surface area contributed by atoms with Gasteiger partial charge in [0.15, 0.2) is 0 Å². The molecular weight excluding hydrogens is 378 g/mol. The van der Waals surface area contributed by atoms with Crippen molar-refractivity contribution in [2.75, 3.05) is 12.0 Å². The minimum Gasteiger partial charge on any atom is -0.497 e. The molecule has 0 bridgehead atoms. The second-order valence-corrected chi connectivity index (χ2v) is 7.98. The fraction of sp³-hybridized carbons (Fsp3) is 0.320. The van der Waals surface area contributed by atoms with Gasteiger partial charge in [-0.2, -0.15) is 0 Å². The van der Waals surface area contributed by atoms with Gasteiger partial charge in [0.1, 0.15) is 11.4 Å². The molecule has 1 unspecified atom stereocenters. The molecule has 0 aliphatic rings. The molecule has 0 fully saturated rings. The van der Waals surface area contributed by atoms with Crippen LogP contribution in [0.15, 0.2) is 72.4 Å². The van der Waals surface area contributed by atoms with Crippen molar-refractivity contribution in [3.8, 4) is 5.75 Å². The lowest BCUT2D eigenvalue weighted by atomic mass is 10.1. The molecule has 1 N–H and O–H groups in total. The molecule has 1 atom stereocenters. The highest BCUT2D eigenvalue weighted by Crippen LogP contribution is 2.22. The molecule has 0 spiro atoms. The highest BCUT2D eigenvalue weighted by atomic mass is 16.6. The first kappa shape index (κ1) is 23.2. The van der Waals surface area contributed by atoms with Gasteiger partial charge in [0, 0.05) is 6.20 Å². The zero-order chi connectivity index (χ0) is 22.1. The van der Waals surface area contributed by atoms with Crippen LogP contribution in [-0.2, 0) is 4.74 Å². The molecule has 2 aromatic rings. The third kappa shape index (κ3) is 7.41. The number of anilines is 1. The summed E-state index contributed by atoms with van der Waals surface area (Å²) in [7, 11) is 1.59. The minimum absolute atomic E-state index is 0.366. The summed E-state index contributed by atoms with van der Waals surface area (Å²) in [5.41, 5.74) is 1.91. The number of ether oxygens (including phenoxy) is 2. The Bertz CT molecular complexity index is 864. The van der Waals surface area contributed by atoms with E-state index >= 15 is 0 Å². The van der Waals surface area contributed by atoms with Crippen molar-refractivity contribution in [3.63, 3.8) is 0 Å². The summed E-state index contributed by atoms with van der Waals surface area (Å²) in [4.78, 5) is 14.1. The van der Waals surface area contributed by atoms with Gasteiger partial charge in [0.2, 0.25) is 0 Å². The van der Waals surface area contributed by atoms with Gasteiger partial charge < -0.3 is 14.6 Å². The number of rotatable bonds is 7. The summed E-state index contributed by atoms with van der Waals surface area (Å²) in [6.45, 7) is 7.35. The minimum atomic E-state index is -0.655. The van der Waals surface area contributed by atoms with Crippen LogP contribution in [0, 0.1) is 0 Å². The molecule has 2 rings (SSSR count). The van der Waals surface area contributed by atoms with Crippen LogP contribution >= 0.6 is 0 Å². The van der Waals surface area contributed by atoms with E-state index in [1.807, 2.05) is 64.1 Å². The molecule has 0 radical (unpaired) electrons. The second-order valence-electron chi connectivity index (χ2n) is 7.98. The fourth-order valence-corrected chi connectivity index (χ4v) is 2.70. The quantitative estimate of drug-likeness (QED) is 0.627. The Morgan fingerprint density at radius 1 is 1.10 bits per heavy atom. The Balaban J connectivity index is 2.14. The van der Waals surface area contributed by atoms with Crippen molar-refractivity contribution in [2.24, 2.45) is 0 Å². The van der Waals surface area contributed by atoms with Gasteiger partial charge in [0.25, 0.3) is 0 Å². The second kappa shape index (κ2) is 10.6. The van der Waals surface area contributed by atoms with Gasteiger partial charge in [-0.15, -0.1) is 0 Å². The molecule has 0 aliphatic heterocycles. The zero-order valence-electron chi connectivity index (χ0n) is 18.3. The van der Waals surface area contributed by atoms with E-state index in [0.29, 0.717) is 17.9 Å². The highest BCUT2D eigenvalue weighted by Gasteiger charge is 2.22. The van der Waals surface area contributed by atoms with Gasteiger partial charge >= 0.3 is 6.09 Å². The smallest absolute Gasteiger partial charge is 0.418 e. The van der Waals surface area contributed by atoms with Crippen LogP contribution in [0.1, 0.15) is 39.7 Å². The molecule has 0 saturated carbocycles. The van der Waals surface area contributed by atoms with E-state index in [2.05, 4.69) is 0 Å². The van der Waals surface area contributed by atoms with E-state index in [1.54, 1.807) is 43.7 Å². The van der Waals surface area contributed by atoms with Crippen molar-refractivity contribution in [1.82, 2.24) is 0 Å². The maximum atomic E-state index is 12.7. The van der Waals surface area contributed by atoms with Gasteiger partial charge in [-0.25, -0.2) is 4.79 Å². The van der Waals surface area contributed by atoms with Crippen molar-refractivity contribution in [1.29, 1.82) is 0 Å². The predicted octanol–water partition coefficient (Wildman–Crippen LogP) is 5.80. The Kier molecular flexibility index (Phi) is 8.25. The van der Waals surface area contributed by atoms with Gasteiger partial charge in [0.05, 0.1) is 18.9 Å². The Hall–Kier alpha value is -3.05. The number of aliphatic hydroxyl groups excluding tert-OH is 1. The van der Waals surface area contributed by atoms with E-state index in [9.17, 15) is 9.90 Å². The van der Waals surface area contributed by atoms with E-state index in [1.165, 1.54) is 4.90 Å². The fourth-order valence-electron chi connectivity index (χ4n) is 2.70. The highest BCUT2D eigenvalue weighted by molar-refractivity contribution is 5.90. The molecule has 5 nitrogen and oxygen atoms in total. The predicted molar refractivity (Wildman–Crippen MR) is 122 cm³/mol. The lowest BCUT2D eigenvalue weighted by molar-refractivity contribution is 0.0596. The SMILES string of the molecule is COc1ccc(N(/C=C/CC(O)/C(C)=C/c2ccccc2)C(=O)OC(C)(C)C)cc1. The number of amides is 1. The first-order valence-electron chi connectivity index (χ1n) is 9.94. The van der Waals surface area contributed by atoms with Crippen LogP contribution in [0.5, 0.6) is 5.75 Å². The largest absolute Gasteiger partial charge is 0.497 e. The summed E-state index contributed by atoms with van der Waals surface area (Å²) >= 11 is 0. The van der Waals surface area contributed by atoms with Crippen molar-refractivity contribution < 1.29 is 19.4 Å². The number of methoxy groups -OCH3 is 1. The summed E-state index contributed by atoms with van der Waals surface area (Å²) in [6, 6.07) is 17.0. The summed E-state index contributed by atoms with van der Waals surface area (Å²) in [5.74, 6) is 0.698.